The van der Waals surface area contributed by atoms with Crippen molar-refractivity contribution in [2.45, 2.75) is 19.5 Å². The molecule has 1 N–H and O–H groups in total. The second kappa shape index (κ2) is 6.22. The molecule has 4 rings (SSSR count). The summed E-state index contributed by atoms with van der Waals surface area (Å²) in [6.07, 6.45) is 3.77. The average molecular weight is 354 g/mol. The zero-order chi connectivity index (χ0) is 17.4. The third kappa shape index (κ3) is 2.96. The summed E-state index contributed by atoms with van der Waals surface area (Å²) in [7, 11) is 0. The maximum Gasteiger partial charge on any atom is 0.240 e. The van der Waals surface area contributed by atoms with E-state index in [1.165, 1.54) is 0 Å². The number of fused-ring (bicyclic) bond motifs is 2. The minimum absolute atomic E-state index is 0.0994. The van der Waals surface area contributed by atoms with Crippen LogP contribution >= 0.6 is 11.6 Å². The summed E-state index contributed by atoms with van der Waals surface area (Å²) in [5, 5.41) is 13.0. The molecule has 0 aliphatic heterocycles. The van der Waals surface area contributed by atoms with Crippen LogP contribution in [0.1, 0.15) is 18.8 Å². The Morgan fingerprint density at radius 3 is 2.96 bits per heavy atom. The molecule has 0 aliphatic carbocycles. The number of hydrogen-bond donors (Lipinski definition) is 1. The lowest BCUT2D eigenvalue weighted by Gasteiger charge is -2.13. The number of amides is 1. The standard InChI is InChI=1S/C18H16ClN5O/c1-12(18-22-21-16-4-2-3-8-24(16)18)20-17(25)11-23-9-7-13-5-6-14(19)10-15(13)23/h2-10,12H,11H2,1H3,(H,20,25). The molecular formula is C18H16ClN5O. The lowest BCUT2D eigenvalue weighted by Crippen LogP contribution is -2.30. The smallest absolute Gasteiger partial charge is 0.240 e. The van der Waals surface area contributed by atoms with Crippen molar-refractivity contribution in [1.29, 1.82) is 0 Å². The van der Waals surface area contributed by atoms with E-state index in [2.05, 4.69) is 15.5 Å². The van der Waals surface area contributed by atoms with Gasteiger partial charge in [0.25, 0.3) is 0 Å². The van der Waals surface area contributed by atoms with Crippen molar-refractivity contribution in [2.24, 2.45) is 0 Å². The molecule has 7 heteroatoms. The number of pyridine rings is 1. The van der Waals surface area contributed by atoms with Gasteiger partial charge in [0, 0.05) is 22.9 Å². The first kappa shape index (κ1) is 15.7. The van der Waals surface area contributed by atoms with E-state index in [1.54, 1.807) is 0 Å². The molecule has 0 bridgehead atoms. The number of aromatic nitrogens is 4. The highest BCUT2D eigenvalue weighted by molar-refractivity contribution is 6.31. The van der Waals surface area contributed by atoms with Gasteiger partial charge < -0.3 is 9.88 Å². The summed E-state index contributed by atoms with van der Waals surface area (Å²) in [5.74, 6) is 0.599. The molecule has 3 heterocycles. The monoisotopic (exact) mass is 353 g/mol. The Kier molecular flexibility index (Phi) is 3.89. The quantitative estimate of drug-likeness (QED) is 0.612. The van der Waals surface area contributed by atoms with Crippen LogP contribution in [0.5, 0.6) is 0 Å². The van der Waals surface area contributed by atoms with Gasteiger partial charge in [-0.1, -0.05) is 23.7 Å². The van der Waals surface area contributed by atoms with Gasteiger partial charge in [0.2, 0.25) is 5.91 Å². The summed E-state index contributed by atoms with van der Waals surface area (Å²) in [4.78, 5) is 12.5. The number of hydrogen-bond acceptors (Lipinski definition) is 3. The number of nitrogens with zero attached hydrogens (tertiary/aromatic N) is 4. The number of benzene rings is 1. The third-order valence-electron chi connectivity index (χ3n) is 4.15. The van der Waals surface area contributed by atoms with E-state index in [0.717, 1.165) is 16.6 Å². The van der Waals surface area contributed by atoms with Gasteiger partial charge in [0.05, 0.1) is 6.04 Å². The predicted octanol–water partition coefficient (Wildman–Crippen LogP) is 3.21. The van der Waals surface area contributed by atoms with Crippen LogP contribution < -0.4 is 5.32 Å². The first-order chi connectivity index (χ1) is 12.1. The number of carbonyl (C=O) groups is 1. The zero-order valence-corrected chi connectivity index (χ0v) is 14.3. The summed E-state index contributed by atoms with van der Waals surface area (Å²) in [6, 6.07) is 13.0. The fourth-order valence-corrected chi connectivity index (χ4v) is 3.12. The summed E-state index contributed by atoms with van der Waals surface area (Å²) >= 11 is 6.06. The highest BCUT2D eigenvalue weighted by atomic mass is 35.5. The Labute approximate surface area is 149 Å². The van der Waals surface area contributed by atoms with E-state index in [-0.39, 0.29) is 18.5 Å². The minimum atomic E-state index is -0.254. The molecule has 0 radical (unpaired) electrons. The van der Waals surface area contributed by atoms with Crippen molar-refractivity contribution in [2.75, 3.05) is 0 Å². The van der Waals surface area contributed by atoms with Gasteiger partial charge >= 0.3 is 0 Å². The van der Waals surface area contributed by atoms with E-state index in [9.17, 15) is 4.79 Å². The molecule has 0 saturated heterocycles. The number of carbonyl (C=O) groups excluding carboxylic acids is 1. The van der Waals surface area contributed by atoms with Gasteiger partial charge in [0.15, 0.2) is 11.5 Å². The van der Waals surface area contributed by atoms with Crippen LogP contribution in [0.4, 0.5) is 0 Å². The largest absolute Gasteiger partial charge is 0.345 e. The molecule has 126 valence electrons. The summed E-state index contributed by atoms with van der Waals surface area (Å²) in [6.45, 7) is 2.11. The van der Waals surface area contributed by atoms with Crippen molar-refractivity contribution in [1.82, 2.24) is 24.5 Å². The van der Waals surface area contributed by atoms with Gasteiger partial charge in [0.1, 0.15) is 6.54 Å². The molecule has 6 nitrogen and oxygen atoms in total. The lowest BCUT2D eigenvalue weighted by atomic mass is 10.2. The molecule has 1 amide bonds. The highest BCUT2D eigenvalue weighted by Gasteiger charge is 2.16. The molecule has 25 heavy (non-hydrogen) atoms. The summed E-state index contributed by atoms with van der Waals surface area (Å²) in [5.41, 5.74) is 1.69. The third-order valence-corrected chi connectivity index (χ3v) is 4.39. The van der Waals surface area contributed by atoms with Crippen LogP contribution in [-0.4, -0.2) is 25.1 Å². The van der Waals surface area contributed by atoms with Crippen LogP contribution in [0.2, 0.25) is 5.02 Å². The molecule has 0 saturated carbocycles. The first-order valence-corrected chi connectivity index (χ1v) is 8.33. The fourth-order valence-electron chi connectivity index (χ4n) is 2.96. The molecule has 4 aromatic rings. The Hall–Kier alpha value is -2.86. The Morgan fingerprint density at radius 2 is 2.08 bits per heavy atom. The highest BCUT2D eigenvalue weighted by Crippen LogP contribution is 2.20. The SMILES string of the molecule is CC(NC(=O)Cn1ccc2ccc(Cl)cc21)c1nnc2ccccn12. The molecule has 1 atom stereocenters. The molecule has 0 spiro atoms. The predicted molar refractivity (Wildman–Crippen MR) is 96.5 cm³/mol. The molecule has 0 fully saturated rings. The fraction of sp³-hybridized carbons (Fsp3) is 0.167. The van der Waals surface area contributed by atoms with Crippen LogP contribution in [0.3, 0.4) is 0 Å². The molecule has 3 aromatic heterocycles. The normalized spacial score (nSPS) is 12.6. The van der Waals surface area contributed by atoms with Crippen molar-refractivity contribution >= 4 is 34.1 Å². The van der Waals surface area contributed by atoms with Gasteiger partial charge in [-0.3, -0.25) is 9.20 Å². The van der Waals surface area contributed by atoms with E-state index >= 15 is 0 Å². The lowest BCUT2D eigenvalue weighted by molar-refractivity contribution is -0.122. The second-order valence-corrected chi connectivity index (χ2v) is 6.36. The van der Waals surface area contributed by atoms with Crippen LogP contribution in [-0.2, 0) is 11.3 Å². The zero-order valence-electron chi connectivity index (χ0n) is 13.6. The van der Waals surface area contributed by atoms with Crippen LogP contribution in [0, 0.1) is 0 Å². The van der Waals surface area contributed by atoms with E-state index in [1.807, 2.05) is 70.7 Å². The van der Waals surface area contributed by atoms with Crippen LogP contribution in [0.15, 0.2) is 54.9 Å². The van der Waals surface area contributed by atoms with Crippen molar-refractivity contribution in [3.8, 4) is 0 Å². The molecule has 1 unspecified atom stereocenters. The molecular weight excluding hydrogens is 338 g/mol. The first-order valence-electron chi connectivity index (χ1n) is 7.95. The maximum absolute atomic E-state index is 12.5. The van der Waals surface area contributed by atoms with Crippen molar-refractivity contribution < 1.29 is 4.79 Å². The van der Waals surface area contributed by atoms with Crippen LogP contribution in [0.25, 0.3) is 16.6 Å². The summed E-state index contributed by atoms with van der Waals surface area (Å²) < 4.78 is 3.75. The number of halogens is 1. The van der Waals surface area contributed by atoms with E-state index in [4.69, 9.17) is 11.6 Å². The maximum atomic E-state index is 12.5. The molecule has 1 aromatic carbocycles. The van der Waals surface area contributed by atoms with Gasteiger partial charge in [-0.2, -0.15) is 0 Å². The van der Waals surface area contributed by atoms with E-state index in [0.29, 0.717) is 10.8 Å². The van der Waals surface area contributed by atoms with Gasteiger partial charge in [-0.15, -0.1) is 10.2 Å². The van der Waals surface area contributed by atoms with Crippen molar-refractivity contribution in [3.05, 3.63) is 65.7 Å². The van der Waals surface area contributed by atoms with E-state index < -0.39 is 0 Å². The Bertz CT molecular complexity index is 1070. The number of rotatable bonds is 4. The Morgan fingerprint density at radius 1 is 1.20 bits per heavy atom. The Balaban J connectivity index is 1.52. The average Bonchev–Trinajstić information content (AvgIpc) is 3.19. The van der Waals surface area contributed by atoms with Gasteiger partial charge in [-0.25, -0.2) is 0 Å². The van der Waals surface area contributed by atoms with Gasteiger partial charge in [-0.05, 0) is 42.6 Å². The minimum Gasteiger partial charge on any atom is -0.345 e. The second-order valence-electron chi connectivity index (χ2n) is 5.92. The number of nitrogens with one attached hydrogen (secondary N) is 1. The van der Waals surface area contributed by atoms with Crippen molar-refractivity contribution in [3.63, 3.8) is 0 Å². The molecule has 0 aliphatic rings. The topological polar surface area (TPSA) is 64.2 Å².